The highest BCUT2D eigenvalue weighted by Gasteiger charge is 2.22. The fourth-order valence-electron chi connectivity index (χ4n) is 3.41. The number of carbonyl (C=O) groups excluding carboxylic acids is 2. The molecule has 1 aliphatic rings. The quantitative estimate of drug-likeness (QED) is 0.432. The third-order valence-corrected chi connectivity index (χ3v) is 4.93. The van der Waals surface area contributed by atoms with E-state index in [-0.39, 0.29) is 30.3 Å². The van der Waals surface area contributed by atoms with E-state index in [2.05, 4.69) is 0 Å². The van der Waals surface area contributed by atoms with Crippen molar-refractivity contribution in [2.75, 3.05) is 31.1 Å². The van der Waals surface area contributed by atoms with E-state index < -0.39 is 11.8 Å². The summed E-state index contributed by atoms with van der Waals surface area (Å²) in [6.07, 6.45) is 0.397. The molecule has 2 aromatic rings. The van der Waals surface area contributed by atoms with Crippen LogP contribution in [0.1, 0.15) is 28.8 Å². The van der Waals surface area contributed by atoms with E-state index in [1.807, 2.05) is 23.1 Å². The summed E-state index contributed by atoms with van der Waals surface area (Å²) >= 11 is 0. The van der Waals surface area contributed by atoms with Gasteiger partial charge in [-0.2, -0.15) is 0 Å². The van der Waals surface area contributed by atoms with Gasteiger partial charge in [-0.3, -0.25) is 15.0 Å². The Hall–Kier alpha value is -3.42. The Morgan fingerprint density at radius 3 is 2.53 bits per heavy atom. The monoisotopic (exact) mass is 412 g/mol. The van der Waals surface area contributed by atoms with Crippen LogP contribution in [0.2, 0.25) is 0 Å². The number of hydrogen-bond acceptors (Lipinski definition) is 5. The molecule has 0 unspecified atom stereocenters. The number of rotatable bonds is 6. The molecule has 1 amide bonds. The first-order chi connectivity index (χ1) is 14.5. The normalized spacial score (nSPS) is 14.2. The number of nitrogens with two attached hydrogens (primary N) is 1. The minimum atomic E-state index is -0.669. The van der Waals surface area contributed by atoms with Crippen molar-refractivity contribution in [2.45, 2.75) is 19.4 Å². The minimum Gasteiger partial charge on any atom is -0.460 e. The van der Waals surface area contributed by atoms with Gasteiger partial charge >= 0.3 is 5.97 Å². The number of amides is 1. The number of halogens is 1. The summed E-state index contributed by atoms with van der Waals surface area (Å²) < 4.78 is 20.1. The molecule has 0 aliphatic carbocycles. The van der Waals surface area contributed by atoms with E-state index in [0.29, 0.717) is 37.4 Å². The van der Waals surface area contributed by atoms with E-state index >= 15 is 4.39 Å². The molecule has 1 fully saturated rings. The van der Waals surface area contributed by atoms with Gasteiger partial charge in [0.15, 0.2) is 5.82 Å². The SMILES string of the molecule is N=C(N)CC(=O)OCc1cccc(N2CCCN(C(=O)c3ccccc3)CC2)c1F. The number of hydrogen-bond donors (Lipinski definition) is 2. The Morgan fingerprint density at radius 1 is 1.03 bits per heavy atom. The van der Waals surface area contributed by atoms with Crippen molar-refractivity contribution >= 4 is 23.4 Å². The highest BCUT2D eigenvalue weighted by molar-refractivity contribution is 5.95. The fraction of sp³-hybridized carbons (Fsp3) is 0.318. The van der Waals surface area contributed by atoms with Crippen molar-refractivity contribution < 1.29 is 18.7 Å². The maximum absolute atomic E-state index is 15.0. The molecule has 0 atom stereocenters. The van der Waals surface area contributed by atoms with Crippen LogP contribution in [0, 0.1) is 11.2 Å². The Balaban J connectivity index is 1.65. The molecule has 3 rings (SSSR count). The molecular formula is C22H25FN4O3. The first-order valence-corrected chi connectivity index (χ1v) is 9.81. The topological polar surface area (TPSA) is 99.7 Å². The van der Waals surface area contributed by atoms with Gasteiger partial charge in [0, 0.05) is 37.3 Å². The van der Waals surface area contributed by atoms with Crippen molar-refractivity contribution in [3.05, 3.63) is 65.5 Å². The highest BCUT2D eigenvalue weighted by Crippen LogP contribution is 2.24. The smallest absolute Gasteiger partial charge is 0.313 e. The van der Waals surface area contributed by atoms with E-state index in [0.717, 1.165) is 6.42 Å². The van der Waals surface area contributed by atoms with Crippen molar-refractivity contribution in [1.29, 1.82) is 5.41 Å². The van der Waals surface area contributed by atoms with Crippen LogP contribution >= 0.6 is 0 Å². The van der Waals surface area contributed by atoms with Crippen LogP contribution in [-0.2, 0) is 16.1 Å². The molecule has 7 nitrogen and oxygen atoms in total. The van der Waals surface area contributed by atoms with Crippen LogP contribution in [0.4, 0.5) is 10.1 Å². The first-order valence-electron chi connectivity index (χ1n) is 9.81. The number of benzene rings is 2. The van der Waals surface area contributed by atoms with Crippen LogP contribution in [-0.4, -0.2) is 48.8 Å². The van der Waals surface area contributed by atoms with E-state index in [9.17, 15) is 9.59 Å². The molecule has 1 heterocycles. The molecule has 0 radical (unpaired) electrons. The number of amidine groups is 1. The standard InChI is InChI=1S/C22H25FN4O3/c23-21-17(15-30-20(28)14-19(24)25)8-4-9-18(21)26-10-5-11-27(13-12-26)22(29)16-6-2-1-3-7-16/h1-4,6-9H,5,10-15H2,(H3,24,25). The molecule has 30 heavy (non-hydrogen) atoms. The Labute approximate surface area is 174 Å². The lowest BCUT2D eigenvalue weighted by Gasteiger charge is -2.25. The van der Waals surface area contributed by atoms with E-state index in [1.165, 1.54) is 0 Å². The predicted octanol–water partition coefficient (Wildman–Crippen LogP) is 2.55. The zero-order valence-corrected chi connectivity index (χ0v) is 16.6. The van der Waals surface area contributed by atoms with E-state index in [4.69, 9.17) is 15.9 Å². The molecule has 8 heteroatoms. The van der Waals surface area contributed by atoms with E-state index in [1.54, 1.807) is 35.2 Å². The number of ether oxygens (including phenoxy) is 1. The first kappa shape index (κ1) is 21.3. The summed E-state index contributed by atoms with van der Waals surface area (Å²) in [5.41, 5.74) is 6.49. The van der Waals surface area contributed by atoms with Crippen molar-refractivity contribution in [2.24, 2.45) is 5.73 Å². The second kappa shape index (κ2) is 9.87. The van der Waals surface area contributed by atoms with Gasteiger partial charge in [0.25, 0.3) is 5.91 Å². The third-order valence-electron chi connectivity index (χ3n) is 4.93. The average Bonchev–Trinajstić information content (AvgIpc) is 2.99. The maximum atomic E-state index is 15.0. The third kappa shape index (κ3) is 5.34. The summed E-state index contributed by atoms with van der Waals surface area (Å²) in [6.45, 7) is 1.99. The molecular weight excluding hydrogens is 387 g/mol. The lowest BCUT2D eigenvalue weighted by atomic mass is 10.1. The van der Waals surface area contributed by atoms with Crippen LogP contribution < -0.4 is 10.6 Å². The van der Waals surface area contributed by atoms with Gasteiger partial charge in [-0.05, 0) is 24.6 Å². The van der Waals surface area contributed by atoms with Gasteiger partial charge in [-0.25, -0.2) is 4.39 Å². The summed E-state index contributed by atoms with van der Waals surface area (Å²) in [6, 6.07) is 14.1. The van der Waals surface area contributed by atoms with Crippen LogP contribution in [0.5, 0.6) is 0 Å². The van der Waals surface area contributed by atoms with Gasteiger partial charge in [-0.1, -0.05) is 30.3 Å². The molecule has 3 N–H and O–H groups in total. The number of anilines is 1. The number of esters is 1. The second-order valence-electron chi connectivity index (χ2n) is 7.11. The summed E-state index contributed by atoms with van der Waals surface area (Å²) in [4.78, 5) is 28.0. The zero-order valence-electron chi connectivity index (χ0n) is 16.6. The largest absolute Gasteiger partial charge is 0.460 e. The van der Waals surface area contributed by atoms with Crippen molar-refractivity contribution in [3.8, 4) is 0 Å². The summed E-state index contributed by atoms with van der Waals surface area (Å²) in [7, 11) is 0. The van der Waals surface area contributed by atoms with Gasteiger partial charge in [-0.15, -0.1) is 0 Å². The number of nitrogens with zero attached hydrogens (tertiary/aromatic N) is 2. The molecule has 0 bridgehead atoms. The molecule has 1 aliphatic heterocycles. The molecule has 0 spiro atoms. The summed E-state index contributed by atoms with van der Waals surface area (Å²) in [5.74, 6) is -1.44. The molecule has 0 aromatic heterocycles. The van der Waals surface area contributed by atoms with Gasteiger partial charge in [0.2, 0.25) is 0 Å². The minimum absolute atomic E-state index is 0.0240. The van der Waals surface area contributed by atoms with Gasteiger partial charge < -0.3 is 20.3 Å². The Kier molecular flexibility index (Phi) is 7.00. The lowest BCUT2D eigenvalue weighted by Crippen LogP contribution is -2.35. The fourth-order valence-corrected chi connectivity index (χ4v) is 3.41. The maximum Gasteiger partial charge on any atom is 0.313 e. The zero-order chi connectivity index (χ0) is 21.5. The lowest BCUT2D eigenvalue weighted by molar-refractivity contribution is -0.143. The molecule has 2 aromatic carbocycles. The van der Waals surface area contributed by atoms with Crippen LogP contribution in [0.3, 0.4) is 0 Å². The Morgan fingerprint density at radius 2 is 1.80 bits per heavy atom. The predicted molar refractivity (Wildman–Crippen MR) is 112 cm³/mol. The van der Waals surface area contributed by atoms with Crippen molar-refractivity contribution in [1.82, 2.24) is 4.90 Å². The molecule has 1 saturated heterocycles. The average molecular weight is 412 g/mol. The van der Waals surface area contributed by atoms with Crippen LogP contribution in [0.15, 0.2) is 48.5 Å². The highest BCUT2D eigenvalue weighted by atomic mass is 19.1. The summed E-state index contributed by atoms with van der Waals surface area (Å²) in [5, 5.41) is 7.11. The number of nitrogens with one attached hydrogen (secondary N) is 1. The molecule has 0 saturated carbocycles. The van der Waals surface area contributed by atoms with Gasteiger partial charge in [0.05, 0.1) is 5.69 Å². The molecule has 158 valence electrons. The van der Waals surface area contributed by atoms with Crippen molar-refractivity contribution in [3.63, 3.8) is 0 Å². The second-order valence-corrected chi connectivity index (χ2v) is 7.11. The van der Waals surface area contributed by atoms with Gasteiger partial charge in [0.1, 0.15) is 18.9 Å². The van der Waals surface area contributed by atoms with Crippen LogP contribution in [0.25, 0.3) is 0 Å². The Bertz CT molecular complexity index is 920. The number of carbonyl (C=O) groups is 2.